The number of methoxy groups -OCH3 is 1. The Bertz CT molecular complexity index is 1340. The van der Waals surface area contributed by atoms with Gasteiger partial charge in [-0.2, -0.15) is 9.61 Å². The summed E-state index contributed by atoms with van der Waals surface area (Å²) in [6.45, 7) is 8.48. The van der Waals surface area contributed by atoms with Crippen molar-refractivity contribution in [2.45, 2.75) is 53.0 Å². The zero-order valence-corrected chi connectivity index (χ0v) is 19.3. The molecule has 180 valence electrons. The van der Waals surface area contributed by atoms with Gasteiger partial charge in [-0.15, -0.1) is 0 Å². The van der Waals surface area contributed by atoms with Crippen LogP contribution in [0.4, 0.5) is 0 Å². The summed E-state index contributed by atoms with van der Waals surface area (Å²) >= 11 is 0. The summed E-state index contributed by atoms with van der Waals surface area (Å²) in [5.74, 6) is 0.770. The minimum absolute atomic E-state index is 0. The van der Waals surface area contributed by atoms with Gasteiger partial charge in [0.05, 0.1) is 31.2 Å². The first-order valence-electron chi connectivity index (χ1n) is 11.2. The van der Waals surface area contributed by atoms with Crippen molar-refractivity contribution in [3.63, 3.8) is 0 Å². The third-order valence-electron chi connectivity index (χ3n) is 6.32. The Labute approximate surface area is 199 Å². The van der Waals surface area contributed by atoms with Crippen LogP contribution in [0.1, 0.15) is 45.4 Å². The summed E-state index contributed by atoms with van der Waals surface area (Å²) in [5.41, 5.74) is 2.88. The maximum atomic E-state index is 13.2. The molecule has 0 saturated carbocycles. The van der Waals surface area contributed by atoms with Crippen LogP contribution < -0.4 is 10.4 Å². The van der Waals surface area contributed by atoms with Gasteiger partial charge >= 0.3 is 5.69 Å². The fourth-order valence-electron chi connectivity index (χ4n) is 4.65. The molecule has 5 rings (SSSR count). The van der Waals surface area contributed by atoms with Crippen molar-refractivity contribution < 1.29 is 9.47 Å². The summed E-state index contributed by atoms with van der Waals surface area (Å²) in [4.78, 5) is 24.7. The van der Waals surface area contributed by atoms with Gasteiger partial charge in [-0.25, -0.2) is 14.8 Å². The summed E-state index contributed by atoms with van der Waals surface area (Å²) in [6, 6.07) is 9.90. The van der Waals surface area contributed by atoms with E-state index in [-0.39, 0.29) is 31.4 Å². The Morgan fingerprint density at radius 1 is 1.12 bits per heavy atom. The third-order valence-corrected chi connectivity index (χ3v) is 6.32. The number of rotatable bonds is 5. The molecule has 1 fully saturated rings. The summed E-state index contributed by atoms with van der Waals surface area (Å²) in [6.07, 6.45) is 3.65. The van der Waals surface area contributed by atoms with Crippen LogP contribution in [-0.4, -0.2) is 61.5 Å². The van der Waals surface area contributed by atoms with Gasteiger partial charge in [0.1, 0.15) is 17.7 Å². The molecule has 0 radical (unpaired) electrons. The minimum atomic E-state index is -0.269. The van der Waals surface area contributed by atoms with Crippen LogP contribution in [0.25, 0.3) is 16.7 Å². The summed E-state index contributed by atoms with van der Waals surface area (Å²) in [7, 11) is 1.63. The Kier molecular flexibility index (Phi) is 6.67. The molecule has 0 amide bonds. The normalized spacial score (nSPS) is 19.8. The lowest BCUT2D eigenvalue weighted by molar-refractivity contribution is -0.0789. The van der Waals surface area contributed by atoms with E-state index >= 15 is 0 Å². The lowest BCUT2D eigenvalue weighted by Crippen LogP contribution is -2.46. The van der Waals surface area contributed by atoms with Crippen molar-refractivity contribution in [3.05, 3.63) is 64.5 Å². The van der Waals surface area contributed by atoms with Crippen molar-refractivity contribution in [1.82, 2.24) is 29.0 Å². The maximum absolute atomic E-state index is 13.2. The van der Waals surface area contributed by atoms with Crippen LogP contribution in [0.5, 0.6) is 5.75 Å². The predicted octanol–water partition coefficient (Wildman–Crippen LogP) is 3.30. The fourth-order valence-corrected chi connectivity index (χ4v) is 4.65. The molecule has 1 saturated heterocycles. The second kappa shape index (κ2) is 9.52. The van der Waals surface area contributed by atoms with E-state index in [0.29, 0.717) is 17.8 Å². The van der Waals surface area contributed by atoms with E-state index < -0.39 is 0 Å². The molecule has 2 unspecified atom stereocenters. The molecule has 9 nitrogen and oxygen atoms in total. The first kappa shape index (κ1) is 23.8. The molecule has 1 aliphatic rings. The molecule has 0 aliphatic carbocycles. The molecule has 4 heterocycles. The largest absolute Gasteiger partial charge is 0.497 e. The highest BCUT2D eigenvalue weighted by Gasteiger charge is 2.27. The molecule has 3 aromatic heterocycles. The summed E-state index contributed by atoms with van der Waals surface area (Å²) in [5, 5.41) is 4.98. The third kappa shape index (κ3) is 4.28. The van der Waals surface area contributed by atoms with Gasteiger partial charge in [0, 0.05) is 25.3 Å². The van der Waals surface area contributed by atoms with Crippen molar-refractivity contribution in [2.75, 3.05) is 20.2 Å². The van der Waals surface area contributed by atoms with Gasteiger partial charge in [0.25, 0.3) is 0 Å². The fraction of sp³-hybridized carbons (Fsp3) is 0.440. The minimum Gasteiger partial charge on any atom is -0.497 e. The highest BCUT2D eigenvalue weighted by atomic mass is 16.5. The average molecular weight is 465 g/mol. The van der Waals surface area contributed by atoms with Gasteiger partial charge in [-0.1, -0.05) is 19.6 Å². The van der Waals surface area contributed by atoms with Crippen LogP contribution in [-0.2, 0) is 11.3 Å². The number of ether oxygens (including phenoxy) is 2. The molecule has 1 aromatic carbocycles. The second-order valence-corrected chi connectivity index (χ2v) is 8.74. The number of pyridine rings is 1. The zero-order chi connectivity index (χ0) is 23.1. The highest BCUT2D eigenvalue weighted by Crippen LogP contribution is 2.27. The monoisotopic (exact) mass is 464 g/mol. The number of nitrogens with zero attached hydrogens (tertiary/aromatic N) is 6. The standard InChI is InChI=1S/C24H28N6O3.CH4/c1-15-11-28(12-16(2)33-15)17(3)19-9-21-22(25-10-19)29(24(31)30-23(21)26-14-27-30)13-18-5-7-20(32-4)8-6-18;/h5-10,14-17H,11-13H2,1-4H3;1H4/t15-,16?,17?;/m1./s1. The van der Waals surface area contributed by atoms with Crippen LogP contribution in [0.15, 0.2) is 47.7 Å². The second-order valence-electron chi connectivity index (χ2n) is 8.74. The van der Waals surface area contributed by atoms with Crippen LogP contribution in [0.2, 0.25) is 0 Å². The van der Waals surface area contributed by atoms with E-state index in [9.17, 15) is 4.79 Å². The highest BCUT2D eigenvalue weighted by molar-refractivity contribution is 5.89. The topological polar surface area (TPSA) is 86.8 Å². The van der Waals surface area contributed by atoms with Crippen LogP contribution in [0, 0.1) is 0 Å². The number of morpholine rings is 1. The lowest BCUT2D eigenvalue weighted by Gasteiger charge is -2.39. The van der Waals surface area contributed by atoms with E-state index in [4.69, 9.17) is 14.5 Å². The van der Waals surface area contributed by atoms with Gasteiger partial charge in [-0.05, 0) is 50.1 Å². The SMILES string of the molecule is C.COc1ccc(Cn2c(=O)n3ncnc3c3cc(C(C)N4CC(C)O[C@H](C)C4)cnc32)cc1. The smallest absolute Gasteiger partial charge is 0.352 e. The predicted molar refractivity (Wildman–Crippen MR) is 131 cm³/mol. The van der Waals surface area contributed by atoms with E-state index in [0.717, 1.165) is 35.4 Å². The average Bonchev–Trinajstić information content (AvgIpc) is 3.31. The van der Waals surface area contributed by atoms with Gasteiger partial charge in [0.15, 0.2) is 5.65 Å². The Morgan fingerprint density at radius 2 is 1.82 bits per heavy atom. The van der Waals surface area contributed by atoms with E-state index in [1.807, 2.05) is 30.5 Å². The molecule has 0 N–H and O–H groups in total. The summed E-state index contributed by atoms with van der Waals surface area (Å²) < 4.78 is 14.1. The van der Waals surface area contributed by atoms with Gasteiger partial charge in [0.2, 0.25) is 0 Å². The molecule has 9 heteroatoms. The number of hydrogen-bond donors (Lipinski definition) is 0. The van der Waals surface area contributed by atoms with E-state index in [1.54, 1.807) is 11.7 Å². The zero-order valence-electron chi connectivity index (χ0n) is 19.3. The van der Waals surface area contributed by atoms with Crippen molar-refractivity contribution >= 4 is 16.7 Å². The molecule has 0 bridgehead atoms. The Balaban J connectivity index is 0.00000274. The molecule has 3 atom stereocenters. The first-order chi connectivity index (χ1) is 15.9. The van der Waals surface area contributed by atoms with Gasteiger partial charge < -0.3 is 9.47 Å². The first-order valence-corrected chi connectivity index (χ1v) is 11.2. The number of benzene rings is 1. The molecule has 4 aromatic rings. The van der Waals surface area contributed by atoms with Crippen LogP contribution >= 0.6 is 0 Å². The number of hydrogen-bond acceptors (Lipinski definition) is 7. The Morgan fingerprint density at radius 3 is 2.50 bits per heavy atom. The van der Waals surface area contributed by atoms with Gasteiger partial charge in [-0.3, -0.25) is 9.47 Å². The molecular formula is C25H32N6O3. The van der Waals surface area contributed by atoms with Crippen molar-refractivity contribution in [1.29, 1.82) is 0 Å². The molecular weight excluding hydrogens is 432 g/mol. The van der Waals surface area contributed by atoms with Crippen molar-refractivity contribution in [3.8, 4) is 5.75 Å². The molecule has 34 heavy (non-hydrogen) atoms. The van der Waals surface area contributed by atoms with Crippen LogP contribution in [0.3, 0.4) is 0 Å². The maximum Gasteiger partial charge on any atom is 0.352 e. The quantitative estimate of drug-likeness (QED) is 0.448. The van der Waals surface area contributed by atoms with E-state index in [2.05, 4.69) is 41.8 Å². The lowest BCUT2D eigenvalue weighted by atomic mass is 10.1. The molecule has 1 aliphatic heterocycles. The number of aromatic nitrogens is 5. The van der Waals surface area contributed by atoms with Crippen molar-refractivity contribution in [2.24, 2.45) is 0 Å². The number of fused-ring (bicyclic) bond motifs is 3. The van der Waals surface area contributed by atoms with E-state index in [1.165, 1.54) is 10.8 Å². The molecule has 0 spiro atoms. The Hall–Kier alpha value is -3.30.